The maximum atomic E-state index is 13.0. The van der Waals surface area contributed by atoms with Crippen LogP contribution in [0.3, 0.4) is 0 Å². The summed E-state index contributed by atoms with van der Waals surface area (Å²) in [6.45, 7) is 5.12. The summed E-state index contributed by atoms with van der Waals surface area (Å²) in [6, 6.07) is 22.1. The molecule has 1 atom stereocenters. The molecule has 188 valence electrons. The van der Waals surface area contributed by atoms with Crippen molar-refractivity contribution in [1.82, 2.24) is 15.1 Å². The van der Waals surface area contributed by atoms with Crippen LogP contribution in [0.4, 0.5) is 5.69 Å². The quantitative estimate of drug-likeness (QED) is 0.524. The Morgan fingerprint density at radius 2 is 1.59 bits per heavy atom. The van der Waals surface area contributed by atoms with Crippen LogP contribution in [0.25, 0.3) is 11.6 Å². The molecule has 1 saturated heterocycles. The van der Waals surface area contributed by atoms with Crippen molar-refractivity contribution in [1.29, 1.82) is 0 Å². The van der Waals surface area contributed by atoms with E-state index < -0.39 is 0 Å². The first-order chi connectivity index (χ1) is 17.9. The van der Waals surface area contributed by atoms with Crippen LogP contribution in [-0.4, -0.2) is 60.7 Å². The fourth-order valence-electron chi connectivity index (χ4n) is 4.66. The van der Waals surface area contributed by atoms with E-state index in [4.69, 9.17) is 0 Å². The number of hydrogen-bond donors (Lipinski definition) is 2. The number of carbonyl (C=O) groups excluding carboxylic acids is 3. The van der Waals surface area contributed by atoms with Gasteiger partial charge in [0.05, 0.1) is 6.04 Å². The maximum Gasteiger partial charge on any atom is 0.256 e. The van der Waals surface area contributed by atoms with Crippen molar-refractivity contribution >= 4 is 35.1 Å². The number of amides is 3. The number of nitrogens with zero attached hydrogens (tertiary/aromatic N) is 2. The molecule has 3 amide bonds. The van der Waals surface area contributed by atoms with E-state index in [1.54, 1.807) is 36.4 Å². The van der Waals surface area contributed by atoms with Crippen LogP contribution in [0.1, 0.15) is 50.4 Å². The van der Waals surface area contributed by atoms with Crippen LogP contribution in [0.5, 0.6) is 0 Å². The van der Waals surface area contributed by atoms with Crippen LogP contribution >= 0.6 is 0 Å². The largest absolute Gasteiger partial charge is 0.346 e. The highest BCUT2D eigenvalue weighted by Crippen LogP contribution is 2.34. The van der Waals surface area contributed by atoms with Gasteiger partial charge in [0.25, 0.3) is 17.7 Å². The summed E-state index contributed by atoms with van der Waals surface area (Å²) >= 11 is 0. The second-order valence-corrected chi connectivity index (χ2v) is 9.60. The second-order valence-electron chi connectivity index (χ2n) is 9.60. The number of anilines is 1. The standard InChI is InChI=1S/C30H30N4O3/c1-20(22-6-4-3-5-7-22)31-28(35)24-12-13-27-25(19-24)26(29(36)32-27)18-21-8-10-23(11-9-21)30(37)34-16-14-33(2)15-17-34/h3-13,18-20H,14-17H2,1-2H3,(H,31,35)(H,32,36)/t20-/m1/s1. The van der Waals surface area contributed by atoms with Gasteiger partial charge in [-0.05, 0) is 61.5 Å². The minimum Gasteiger partial charge on any atom is -0.346 e. The number of benzene rings is 3. The van der Waals surface area contributed by atoms with Crippen LogP contribution in [0.2, 0.25) is 0 Å². The number of fused-ring (bicyclic) bond motifs is 1. The van der Waals surface area contributed by atoms with Gasteiger partial charge in [-0.25, -0.2) is 0 Å². The maximum absolute atomic E-state index is 13.0. The van der Waals surface area contributed by atoms with Crippen LogP contribution in [0.15, 0.2) is 72.8 Å². The van der Waals surface area contributed by atoms with E-state index in [0.29, 0.717) is 28.0 Å². The predicted octanol–water partition coefficient (Wildman–Crippen LogP) is 4.06. The van der Waals surface area contributed by atoms with E-state index >= 15 is 0 Å². The van der Waals surface area contributed by atoms with Gasteiger partial charge in [0.15, 0.2) is 0 Å². The second kappa shape index (κ2) is 10.4. The normalized spacial score (nSPS) is 17.3. The van der Waals surface area contributed by atoms with Crippen LogP contribution in [0, 0.1) is 0 Å². The third kappa shape index (κ3) is 5.32. The Morgan fingerprint density at radius 3 is 2.30 bits per heavy atom. The van der Waals surface area contributed by atoms with Crippen LogP contribution < -0.4 is 10.6 Å². The van der Waals surface area contributed by atoms with Gasteiger partial charge in [-0.2, -0.15) is 0 Å². The van der Waals surface area contributed by atoms with Gasteiger partial charge in [0.2, 0.25) is 0 Å². The Labute approximate surface area is 216 Å². The number of likely N-dealkylation sites (N-methyl/N-ethyl adjacent to an activating group) is 1. The topological polar surface area (TPSA) is 81.8 Å². The summed E-state index contributed by atoms with van der Waals surface area (Å²) < 4.78 is 0. The molecule has 2 aliphatic rings. The molecule has 0 spiro atoms. The molecule has 3 aromatic rings. The summed E-state index contributed by atoms with van der Waals surface area (Å²) in [5.74, 6) is -0.399. The lowest BCUT2D eigenvalue weighted by molar-refractivity contribution is -0.110. The fourth-order valence-corrected chi connectivity index (χ4v) is 4.66. The summed E-state index contributed by atoms with van der Waals surface area (Å²) in [5, 5.41) is 5.90. The fraction of sp³-hybridized carbons (Fsp3) is 0.233. The molecule has 0 aliphatic carbocycles. The molecular formula is C30H30N4O3. The van der Waals surface area contributed by atoms with Crippen molar-refractivity contribution in [3.8, 4) is 0 Å². The molecule has 0 unspecified atom stereocenters. The van der Waals surface area contributed by atoms with Crippen molar-refractivity contribution < 1.29 is 14.4 Å². The lowest BCUT2D eigenvalue weighted by Gasteiger charge is -2.32. The van der Waals surface area contributed by atoms with Crippen molar-refractivity contribution in [2.24, 2.45) is 0 Å². The van der Waals surface area contributed by atoms with E-state index in [1.807, 2.05) is 54.3 Å². The summed E-state index contributed by atoms with van der Waals surface area (Å²) in [4.78, 5) is 42.6. The van der Waals surface area contributed by atoms with E-state index in [0.717, 1.165) is 37.3 Å². The van der Waals surface area contributed by atoms with Crippen molar-refractivity contribution in [2.75, 3.05) is 38.5 Å². The van der Waals surface area contributed by atoms with E-state index in [2.05, 4.69) is 22.6 Å². The van der Waals surface area contributed by atoms with Crippen molar-refractivity contribution in [2.45, 2.75) is 13.0 Å². The summed E-state index contributed by atoms with van der Waals surface area (Å²) in [5.41, 5.74) is 4.78. The zero-order chi connectivity index (χ0) is 25.9. The molecule has 7 nitrogen and oxygen atoms in total. The first kappa shape index (κ1) is 24.5. The monoisotopic (exact) mass is 494 g/mol. The zero-order valence-electron chi connectivity index (χ0n) is 21.0. The van der Waals surface area contributed by atoms with Crippen LogP contribution in [-0.2, 0) is 4.79 Å². The van der Waals surface area contributed by atoms with Gasteiger partial charge < -0.3 is 20.4 Å². The van der Waals surface area contributed by atoms with Crippen molar-refractivity contribution in [3.63, 3.8) is 0 Å². The van der Waals surface area contributed by atoms with E-state index in [1.165, 1.54) is 0 Å². The van der Waals surface area contributed by atoms with Gasteiger partial charge in [0, 0.05) is 54.1 Å². The molecule has 0 saturated carbocycles. The summed E-state index contributed by atoms with van der Waals surface area (Å²) in [6.07, 6.45) is 1.79. The van der Waals surface area contributed by atoms with Gasteiger partial charge in [0.1, 0.15) is 0 Å². The lowest BCUT2D eigenvalue weighted by atomic mass is 10.0. The molecule has 2 heterocycles. The molecule has 37 heavy (non-hydrogen) atoms. The smallest absolute Gasteiger partial charge is 0.256 e. The minimum atomic E-state index is -0.220. The highest BCUT2D eigenvalue weighted by atomic mass is 16.2. The van der Waals surface area contributed by atoms with Gasteiger partial charge >= 0.3 is 0 Å². The summed E-state index contributed by atoms with van der Waals surface area (Å²) in [7, 11) is 2.06. The third-order valence-corrected chi connectivity index (χ3v) is 6.97. The predicted molar refractivity (Wildman–Crippen MR) is 145 cm³/mol. The molecule has 2 N–H and O–H groups in total. The molecule has 1 fully saturated rings. The Bertz CT molecular complexity index is 1360. The van der Waals surface area contributed by atoms with E-state index in [9.17, 15) is 14.4 Å². The Hall–Kier alpha value is -4.23. The molecular weight excluding hydrogens is 464 g/mol. The molecule has 3 aromatic carbocycles. The average Bonchev–Trinajstić information content (AvgIpc) is 3.23. The highest BCUT2D eigenvalue weighted by molar-refractivity contribution is 6.35. The molecule has 7 heteroatoms. The Morgan fingerprint density at radius 1 is 0.919 bits per heavy atom. The molecule has 0 radical (unpaired) electrons. The first-order valence-electron chi connectivity index (χ1n) is 12.5. The highest BCUT2D eigenvalue weighted by Gasteiger charge is 2.26. The Kier molecular flexibility index (Phi) is 6.88. The third-order valence-electron chi connectivity index (χ3n) is 6.97. The van der Waals surface area contributed by atoms with Gasteiger partial charge in [-0.1, -0.05) is 42.5 Å². The lowest BCUT2D eigenvalue weighted by Crippen LogP contribution is -2.47. The molecule has 0 aromatic heterocycles. The van der Waals surface area contributed by atoms with Gasteiger partial charge in [-0.15, -0.1) is 0 Å². The van der Waals surface area contributed by atoms with Crippen molar-refractivity contribution in [3.05, 3.63) is 101 Å². The molecule has 5 rings (SSSR count). The number of nitrogens with one attached hydrogen (secondary N) is 2. The number of rotatable bonds is 5. The number of piperazine rings is 1. The molecule has 2 aliphatic heterocycles. The SMILES string of the molecule is C[C@@H](NC(=O)c1ccc2c(c1)C(=Cc1ccc(C(=O)N3CCN(C)CC3)cc1)C(=O)N2)c1ccccc1. The average molecular weight is 495 g/mol. The number of hydrogen-bond acceptors (Lipinski definition) is 4. The van der Waals surface area contributed by atoms with Gasteiger partial charge in [-0.3, -0.25) is 14.4 Å². The number of carbonyl (C=O) groups is 3. The molecule has 0 bridgehead atoms. The zero-order valence-corrected chi connectivity index (χ0v) is 21.0. The van der Waals surface area contributed by atoms with E-state index in [-0.39, 0.29) is 23.8 Å². The first-order valence-corrected chi connectivity index (χ1v) is 12.5. The Balaban J connectivity index is 1.33. The minimum absolute atomic E-state index is 0.0247.